The molecule has 0 atom stereocenters. The van der Waals surface area contributed by atoms with Crippen molar-refractivity contribution < 1.29 is 22.6 Å². The SMILES string of the molecule is COc1c(C)c(-c2cn3cc(-c4ccc(OC(F)(F)F)cc4)ccc3n2)nc2ccccc12. The van der Waals surface area contributed by atoms with Crippen molar-refractivity contribution in [3.8, 4) is 34.0 Å². The molecule has 3 heterocycles. The van der Waals surface area contributed by atoms with Crippen molar-refractivity contribution in [3.05, 3.63) is 78.6 Å². The van der Waals surface area contributed by atoms with Crippen LogP contribution in [0.4, 0.5) is 13.2 Å². The summed E-state index contributed by atoms with van der Waals surface area (Å²) in [4.78, 5) is 9.52. The van der Waals surface area contributed by atoms with Gasteiger partial charge in [0.1, 0.15) is 22.8 Å². The van der Waals surface area contributed by atoms with E-state index < -0.39 is 6.36 Å². The van der Waals surface area contributed by atoms with E-state index in [4.69, 9.17) is 14.7 Å². The van der Waals surface area contributed by atoms with Crippen LogP contribution in [0.2, 0.25) is 0 Å². The number of halogens is 3. The zero-order valence-electron chi connectivity index (χ0n) is 17.7. The number of rotatable bonds is 4. The lowest BCUT2D eigenvalue weighted by atomic mass is 10.1. The van der Waals surface area contributed by atoms with E-state index >= 15 is 0 Å². The van der Waals surface area contributed by atoms with Crippen molar-refractivity contribution in [1.82, 2.24) is 14.4 Å². The highest BCUT2D eigenvalue weighted by Crippen LogP contribution is 2.35. The second-order valence-electron chi connectivity index (χ2n) is 7.52. The summed E-state index contributed by atoms with van der Waals surface area (Å²) in [5, 5.41) is 0.935. The quantitative estimate of drug-likeness (QED) is 0.317. The van der Waals surface area contributed by atoms with Crippen molar-refractivity contribution in [2.24, 2.45) is 0 Å². The predicted octanol–water partition coefficient (Wildman–Crippen LogP) is 6.43. The van der Waals surface area contributed by atoms with E-state index in [9.17, 15) is 13.2 Å². The van der Waals surface area contributed by atoms with E-state index in [0.29, 0.717) is 5.69 Å². The van der Waals surface area contributed by atoms with Gasteiger partial charge in [0.25, 0.3) is 0 Å². The van der Waals surface area contributed by atoms with Crippen LogP contribution in [0.15, 0.2) is 73.1 Å². The topological polar surface area (TPSA) is 48.7 Å². The molecule has 5 aromatic rings. The van der Waals surface area contributed by atoms with Gasteiger partial charge in [0.2, 0.25) is 0 Å². The molecule has 0 unspecified atom stereocenters. The highest BCUT2D eigenvalue weighted by Gasteiger charge is 2.31. The summed E-state index contributed by atoms with van der Waals surface area (Å²) in [7, 11) is 1.64. The zero-order valence-corrected chi connectivity index (χ0v) is 17.7. The normalized spacial score (nSPS) is 11.8. The van der Waals surface area contributed by atoms with Gasteiger partial charge in [0.15, 0.2) is 0 Å². The van der Waals surface area contributed by atoms with Gasteiger partial charge in [-0.3, -0.25) is 0 Å². The highest BCUT2D eigenvalue weighted by molar-refractivity contribution is 5.89. The molecular weight excluding hydrogens is 431 g/mol. The number of aromatic nitrogens is 3. The molecule has 0 fully saturated rings. The minimum atomic E-state index is -4.72. The number of ether oxygens (including phenoxy) is 2. The second-order valence-corrected chi connectivity index (χ2v) is 7.52. The van der Waals surface area contributed by atoms with Crippen LogP contribution in [-0.2, 0) is 0 Å². The molecule has 33 heavy (non-hydrogen) atoms. The first-order valence-corrected chi connectivity index (χ1v) is 10.1. The van der Waals surface area contributed by atoms with Crippen molar-refractivity contribution in [2.75, 3.05) is 7.11 Å². The Kier molecular flexibility index (Phi) is 4.92. The van der Waals surface area contributed by atoms with Crippen molar-refractivity contribution in [2.45, 2.75) is 13.3 Å². The zero-order chi connectivity index (χ0) is 23.2. The Labute approximate surface area is 187 Å². The van der Waals surface area contributed by atoms with Crippen LogP contribution < -0.4 is 9.47 Å². The molecule has 0 amide bonds. The summed E-state index contributed by atoms with van der Waals surface area (Å²) in [5.41, 5.74) is 5.43. The Bertz CT molecular complexity index is 1470. The van der Waals surface area contributed by atoms with Crippen LogP contribution >= 0.6 is 0 Å². The first-order chi connectivity index (χ1) is 15.8. The number of benzene rings is 2. The number of para-hydroxylation sites is 1. The number of fused-ring (bicyclic) bond motifs is 2. The molecular formula is C25H18F3N3O2. The average molecular weight is 449 g/mol. The molecule has 0 bridgehead atoms. The van der Waals surface area contributed by atoms with E-state index in [1.165, 1.54) is 12.1 Å². The monoisotopic (exact) mass is 449 g/mol. The molecule has 0 aliphatic heterocycles. The van der Waals surface area contributed by atoms with Crippen LogP contribution in [0, 0.1) is 6.92 Å². The molecule has 0 N–H and O–H groups in total. The second kappa shape index (κ2) is 7.81. The third-order valence-electron chi connectivity index (χ3n) is 5.40. The van der Waals surface area contributed by atoms with Crippen LogP contribution in [0.5, 0.6) is 11.5 Å². The van der Waals surface area contributed by atoms with Gasteiger partial charge < -0.3 is 13.9 Å². The van der Waals surface area contributed by atoms with Gasteiger partial charge in [-0.05, 0) is 54.4 Å². The standard InChI is InChI=1S/C25H18F3N3O2/c1-15-23(30-20-6-4-3-5-19(20)24(15)32-2)21-14-31-13-17(9-12-22(31)29-21)16-7-10-18(11-8-16)33-25(26,27)28/h3-14H,1-2H3. The summed E-state index contributed by atoms with van der Waals surface area (Å²) >= 11 is 0. The average Bonchev–Trinajstić information content (AvgIpc) is 3.21. The third-order valence-corrected chi connectivity index (χ3v) is 5.40. The van der Waals surface area contributed by atoms with Crippen LogP contribution in [-0.4, -0.2) is 27.8 Å². The van der Waals surface area contributed by atoms with Gasteiger partial charge in [-0.25, -0.2) is 9.97 Å². The smallest absolute Gasteiger partial charge is 0.496 e. The molecule has 8 heteroatoms. The minimum absolute atomic E-state index is 0.260. The maximum Gasteiger partial charge on any atom is 0.573 e. The largest absolute Gasteiger partial charge is 0.573 e. The number of nitrogens with zero attached hydrogens (tertiary/aromatic N) is 3. The van der Waals surface area contributed by atoms with Crippen LogP contribution in [0.1, 0.15) is 5.56 Å². The molecule has 3 aromatic heterocycles. The summed E-state index contributed by atoms with van der Waals surface area (Å²) in [6, 6.07) is 17.2. The van der Waals surface area contributed by atoms with Crippen LogP contribution in [0.3, 0.4) is 0 Å². The Morgan fingerprint density at radius 2 is 1.58 bits per heavy atom. The van der Waals surface area contributed by atoms with Crippen molar-refractivity contribution in [3.63, 3.8) is 0 Å². The summed E-state index contributed by atoms with van der Waals surface area (Å²) in [6.07, 6.45) is -0.964. The number of hydrogen-bond donors (Lipinski definition) is 0. The Balaban J connectivity index is 1.54. The molecule has 5 rings (SSSR count). The van der Waals surface area contributed by atoms with E-state index in [0.717, 1.165) is 44.7 Å². The molecule has 2 aromatic carbocycles. The molecule has 166 valence electrons. The van der Waals surface area contributed by atoms with Gasteiger partial charge in [0, 0.05) is 23.3 Å². The fraction of sp³-hybridized carbons (Fsp3) is 0.120. The molecule has 5 nitrogen and oxygen atoms in total. The van der Waals surface area contributed by atoms with E-state index in [-0.39, 0.29) is 5.75 Å². The number of alkyl halides is 3. The number of pyridine rings is 2. The fourth-order valence-electron chi connectivity index (χ4n) is 3.92. The number of imidazole rings is 1. The Morgan fingerprint density at radius 1 is 0.848 bits per heavy atom. The summed E-state index contributed by atoms with van der Waals surface area (Å²) < 4.78 is 48.7. The van der Waals surface area contributed by atoms with Gasteiger partial charge in [0.05, 0.1) is 18.3 Å². The maximum absolute atomic E-state index is 12.4. The number of methoxy groups -OCH3 is 1. The lowest BCUT2D eigenvalue weighted by molar-refractivity contribution is -0.274. The maximum atomic E-state index is 12.4. The lowest BCUT2D eigenvalue weighted by Crippen LogP contribution is -2.16. The van der Waals surface area contributed by atoms with Gasteiger partial charge in [-0.2, -0.15) is 0 Å². The Hall–Kier alpha value is -4.07. The molecule has 0 aliphatic rings. The van der Waals surface area contributed by atoms with Gasteiger partial charge in [-0.15, -0.1) is 13.2 Å². The molecule has 0 aliphatic carbocycles. The van der Waals surface area contributed by atoms with Gasteiger partial charge in [-0.1, -0.05) is 24.3 Å². The van der Waals surface area contributed by atoms with Crippen molar-refractivity contribution in [1.29, 1.82) is 0 Å². The van der Waals surface area contributed by atoms with Gasteiger partial charge >= 0.3 is 6.36 Å². The fourth-order valence-corrected chi connectivity index (χ4v) is 3.92. The third kappa shape index (κ3) is 3.95. The van der Waals surface area contributed by atoms with E-state index in [1.54, 1.807) is 19.2 Å². The molecule has 0 saturated heterocycles. The highest BCUT2D eigenvalue weighted by atomic mass is 19.4. The van der Waals surface area contributed by atoms with E-state index in [2.05, 4.69) is 4.74 Å². The molecule has 0 radical (unpaired) electrons. The molecule has 0 spiro atoms. The first-order valence-electron chi connectivity index (χ1n) is 10.1. The summed E-state index contributed by atoms with van der Waals surface area (Å²) in [5.74, 6) is 0.499. The Morgan fingerprint density at radius 3 is 2.30 bits per heavy atom. The summed E-state index contributed by atoms with van der Waals surface area (Å²) in [6.45, 7) is 1.95. The lowest BCUT2D eigenvalue weighted by Gasteiger charge is -2.11. The molecule has 0 saturated carbocycles. The van der Waals surface area contributed by atoms with E-state index in [1.807, 2.05) is 60.1 Å². The predicted molar refractivity (Wildman–Crippen MR) is 119 cm³/mol. The number of hydrogen-bond acceptors (Lipinski definition) is 4. The first kappa shape index (κ1) is 20.8. The minimum Gasteiger partial charge on any atom is -0.496 e. The van der Waals surface area contributed by atoms with Crippen molar-refractivity contribution >= 4 is 16.6 Å². The van der Waals surface area contributed by atoms with Crippen LogP contribution in [0.25, 0.3) is 39.1 Å².